The van der Waals surface area contributed by atoms with E-state index in [-0.39, 0.29) is 5.92 Å². The van der Waals surface area contributed by atoms with Crippen LogP contribution in [-0.4, -0.2) is 9.55 Å². The van der Waals surface area contributed by atoms with E-state index < -0.39 is 17.4 Å². The Kier molecular flexibility index (Phi) is 1.45. The maximum atomic E-state index is 12.4. The highest BCUT2D eigenvalue weighted by Gasteiger charge is 2.48. The lowest BCUT2D eigenvalue weighted by atomic mass is 10.3. The molecule has 2 aliphatic rings. The Bertz CT molecular complexity index is 491. The number of hydrogen-bond acceptors (Lipinski definition) is 2. The fourth-order valence-electron chi connectivity index (χ4n) is 2.14. The number of aromatic nitrogens is 2. The van der Waals surface area contributed by atoms with E-state index >= 15 is 0 Å². The van der Waals surface area contributed by atoms with Crippen LogP contribution in [0.2, 0.25) is 0 Å². The molecular weight excluding hydrogens is 209 g/mol. The zero-order valence-electron chi connectivity index (χ0n) is 7.58. The number of nitrogens with zero attached hydrogens (tertiary/aromatic N) is 2. The van der Waals surface area contributed by atoms with Crippen LogP contribution in [0.15, 0.2) is 10.9 Å². The topological polar surface area (TPSA) is 34.9 Å². The van der Waals surface area contributed by atoms with E-state index in [1.807, 2.05) is 0 Å². The summed E-state index contributed by atoms with van der Waals surface area (Å²) in [5.74, 6) is 0.744. The lowest BCUT2D eigenvalue weighted by molar-refractivity contribution is -0.141. The Morgan fingerprint density at radius 1 is 1.47 bits per heavy atom. The Morgan fingerprint density at radius 2 is 2.20 bits per heavy atom. The van der Waals surface area contributed by atoms with E-state index in [1.54, 1.807) is 0 Å². The Hall–Kier alpha value is -1.33. The van der Waals surface area contributed by atoms with Crippen molar-refractivity contribution in [2.45, 2.75) is 25.1 Å². The smallest absolute Gasteiger partial charge is 0.296 e. The van der Waals surface area contributed by atoms with Crippen LogP contribution >= 0.6 is 0 Å². The van der Waals surface area contributed by atoms with Crippen LogP contribution in [0.3, 0.4) is 0 Å². The molecule has 1 aliphatic carbocycles. The van der Waals surface area contributed by atoms with Crippen molar-refractivity contribution in [3.05, 3.63) is 27.9 Å². The standard InChI is InChI=1S/C9H7F3N2O/c10-9(11,12)6-2-7(15)14-3-4-1-5(4)8(14)13-6/h2,4-5H,1,3H2. The summed E-state index contributed by atoms with van der Waals surface area (Å²) in [5.41, 5.74) is -1.65. The first kappa shape index (κ1) is 8.94. The van der Waals surface area contributed by atoms with Crippen LogP contribution in [0.25, 0.3) is 0 Å². The molecule has 1 aliphatic heterocycles. The molecule has 2 heterocycles. The largest absolute Gasteiger partial charge is 0.433 e. The molecule has 0 amide bonds. The number of fused-ring (bicyclic) bond motifs is 3. The average molecular weight is 216 g/mol. The van der Waals surface area contributed by atoms with E-state index in [0.717, 1.165) is 6.42 Å². The van der Waals surface area contributed by atoms with Crippen molar-refractivity contribution in [2.24, 2.45) is 5.92 Å². The summed E-state index contributed by atoms with van der Waals surface area (Å²) in [6.07, 6.45) is -3.66. The fourth-order valence-corrected chi connectivity index (χ4v) is 2.14. The van der Waals surface area contributed by atoms with E-state index in [2.05, 4.69) is 4.98 Å². The van der Waals surface area contributed by atoms with Gasteiger partial charge in [-0.15, -0.1) is 0 Å². The number of alkyl halides is 3. The van der Waals surface area contributed by atoms with Gasteiger partial charge in [-0.3, -0.25) is 9.36 Å². The van der Waals surface area contributed by atoms with Gasteiger partial charge in [-0.1, -0.05) is 0 Å². The van der Waals surface area contributed by atoms with Gasteiger partial charge in [0.2, 0.25) is 0 Å². The number of halogens is 3. The molecule has 80 valence electrons. The highest BCUT2D eigenvalue weighted by Crippen LogP contribution is 2.52. The molecule has 2 atom stereocenters. The van der Waals surface area contributed by atoms with E-state index in [1.165, 1.54) is 4.57 Å². The van der Waals surface area contributed by atoms with E-state index in [9.17, 15) is 18.0 Å². The normalized spacial score (nSPS) is 27.4. The van der Waals surface area contributed by atoms with Gasteiger partial charge in [0, 0.05) is 18.5 Å². The van der Waals surface area contributed by atoms with Gasteiger partial charge in [-0.05, 0) is 12.3 Å². The van der Waals surface area contributed by atoms with Crippen molar-refractivity contribution in [3.63, 3.8) is 0 Å². The van der Waals surface area contributed by atoms with Crippen molar-refractivity contribution in [1.82, 2.24) is 9.55 Å². The summed E-state index contributed by atoms with van der Waals surface area (Å²) in [7, 11) is 0. The van der Waals surface area contributed by atoms with Gasteiger partial charge >= 0.3 is 6.18 Å². The first-order valence-corrected chi connectivity index (χ1v) is 4.66. The maximum Gasteiger partial charge on any atom is 0.433 e. The van der Waals surface area contributed by atoms with Crippen molar-refractivity contribution < 1.29 is 13.2 Å². The molecule has 0 saturated heterocycles. The summed E-state index contributed by atoms with van der Waals surface area (Å²) >= 11 is 0. The monoisotopic (exact) mass is 216 g/mol. The first-order valence-electron chi connectivity index (χ1n) is 4.66. The average Bonchev–Trinajstić information content (AvgIpc) is 2.79. The third-order valence-corrected chi connectivity index (χ3v) is 3.00. The molecular formula is C9H7F3N2O. The third kappa shape index (κ3) is 1.20. The lowest BCUT2D eigenvalue weighted by Gasteiger charge is -2.09. The van der Waals surface area contributed by atoms with Crippen LogP contribution in [0.1, 0.15) is 23.9 Å². The first-order chi connectivity index (χ1) is 6.97. The summed E-state index contributed by atoms with van der Waals surface area (Å²) < 4.78 is 38.5. The summed E-state index contributed by atoms with van der Waals surface area (Å²) in [6, 6.07) is 0.578. The third-order valence-electron chi connectivity index (χ3n) is 3.00. The summed E-state index contributed by atoms with van der Waals surface area (Å²) in [5, 5.41) is 0. The molecule has 1 saturated carbocycles. The predicted molar refractivity (Wildman–Crippen MR) is 44.3 cm³/mol. The second-order valence-corrected chi connectivity index (χ2v) is 4.05. The molecule has 2 unspecified atom stereocenters. The molecule has 15 heavy (non-hydrogen) atoms. The van der Waals surface area contributed by atoms with Gasteiger partial charge in [-0.2, -0.15) is 13.2 Å². The van der Waals surface area contributed by atoms with Gasteiger partial charge in [-0.25, -0.2) is 4.98 Å². The Balaban J connectivity index is 2.18. The molecule has 1 fully saturated rings. The molecule has 0 spiro atoms. The SMILES string of the molecule is O=c1cc(C(F)(F)F)nc2n1CC1CC21. The molecule has 3 nitrogen and oxygen atoms in total. The number of rotatable bonds is 0. The van der Waals surface area contributed by atoms with Gasteiger partial charge in [0.1, 0.15) is 5.82 Å². The van der Waals surface area contributed by atoms with Gasteiger partial charge < -0.3 is 0 Å². The predicted octanol–water partition coefficient (Wildman–Crippen LogP) is 1.38. The van der Waals surface area contributed by atoms with Crippen molar-refractivity contribution >= 4 is 0 Å². The Morgan fingerprint density at radius 3 is 2.87 bits per heavy atom. The zero-order chi connectivity index (χ0) is 10.8. The van der Waals surface area contributed by atoms with Crippen LogP contribution in [0.4, 0.5) is 13.2 Å². The van der Waals surface area contributed by atoms with Crippen molar-refractivity contribution in [2.75, 3.05) is 0 Å². The van der Waals surface area contributed by atoms with Crippen molar-refractivity contribution in [1.29, 1.82) is 0 Å². The zero-order valence-corrected chi connectivity index (χ0v) is 7.58. The second-order valence-electron chi connectivity index (χ2n) is 4.05. The molecule has 1 aromatic heterocycles. The second kappa shape index (κ2) is 2.43. The minimum Gasteiger partial charge on any atom is -0.296 e. The molecule has 0 bridgehead atoms. The fraction of sp³-hybridized carbons (Fsp3) is 0.556. The van der Waals surface area contributed by atoms with Crippen LogP contribution < -0.4 is 5.56 Å². The van der Waals surface area contributed by atoms with Gasteiger partial charge in [0.15, 0.2) is 5.69 Å². The Labute approximate surface area is 82.6 Å². The highest BCUT2D eigenvalue weighted by molar-refractivity contribution is 5.21. The summed E-state index contributed by atoms with van der Waals surface area (Å²) in [6.45, 7) is 0.532. The van der Waals surface area contributed by atoms with Crippen LogP contribution in [0, 0.1) is 5.92 Å². The maximum absolute atomic E-state index is 12.4. The molecule has 0 aromatic carbocycles. The minimum absolute atomic E-state index is 0.0833. The lowest BCUT2D eigenvalue weighted by Crippen LogP contribution is -2.25. The highest BCUT2D eigenvalue weighted by atomic mass is 19.4. The molecule has 3 rings (SSSR count). The molecule has 6 heteroatoms. The van der Waals surface area contributed by atoms with Gasteiger partial charge in [0.25, 0.3) is 5.56 Å². The summed E-state index contributed by atoms with van der Waals surface area (Å²) in [4.78, 5) is 14.9. The molecule has 0 radical (unpaired) electrons. The quantitative estimate of drug-likeness (QED) is 0.656. The van der Waals surface area contributed by atoms with Crippen molar-refractivity contribution in [3.8, 4) is 0 Å². The van der Waals surface area contributed by atoms with E-state index in [4.69, 9.17) is 0 Å². The van der Waals surface area contributed by atoms with Gasteiger partial charge in [0.05, 0.1) is 0 Å². The minimum atomic E-state index is -4.53. The number of hydrogen-bond donors (Lipinski definition) is 0. The van der Waals surface area contributed by atoms with E-state index in [0.29, 0.717) is 24.4 Å². The molecule has 1 aromatic rings. The van der Waals surface area contributed by atoms with Crippen LogP contribution in [-0.2, 0) is 12.7 Å². The van der Waals surface area contributed by atoms with Crippen LogP contribution in [0.5, 0.6) is 0 Å². The molecule has 0 N–H and O–H groups in total.